The molecule has 0 spiro atoms. The summed E-state index contributed by atoms with van der Waals surface area (Å²) < 4.78 is 28.4. The van der Waals surface area contributed by atoms with E-state index in [-0.39, 0.29) is 16.5 Å². The molecule has 4 nitrogen and oxygen atoms in total. The van der Waals surface area contributed by atoms with Crippen LogP contribution in [0.2, 0.25) is 5.15 Å². The molecule has 1 aromatic carbocycles. The summed E-state index contributed by atoms with van der Waals surface area (Å²) in [6, 6.07) is 5.35. The van der Waals surface area contributed by atoms with Crippen molar-refractivity contribution in [3.05, 3.63) is 46.6 Å². The highest BCUT2D eigenvalue weighted by Crippen LogP contribution is 2.24. The lowest BCUT2D eigenvalue weighted by atomic mass is 10.1. The van der Waals surface area contributed by atoms with Gasteiger partial charge in [0.2, 0.25) is 0 Å². The fourth-order valence-corrected chi connectivity index (χ4v) is 1.90. The Bertz CT molecular complexity index is 785. The Balaban J connectivity index is 2.30. The third-order valence-corrected chi connectivity index (χ3v) is 2.92. The average molecular weight is 281 g/mol. The van der Waals surface area contributed by atoms with Crippen LogP contribution in [0.1, 0.15) is 5.56 Å². The Kier molecular flexibility index (Phi) is 2.67. The number of rotatable bonds is 1. The van der Waals surface area contributed by atoms with Gasteiger partial charge in [0.05, 0.1) is 5.56 Å². The van der Waals surface area contributed by atoms with E-state index >= 15 is 0 Å². The molecule has 0 radical (unpaired) electrons. The number of aryl methyl sites for hydroxylation is 1. The molecule has 7 heteroatoms. The van der Waals surface area contributed by atoms with Crippen LogP contribution in [0.4, 0.5) is 8.78 Å². The van der Waals surface area contributed by atoms with Crippen molar-refractivity contribution in [3.63, 3.8) is 0 Å². The normalized spacial score (nSPS) is 11.2. The van der Waals surface area contributed by atoms with Crippen molar-refractivity contribution in [2.24, 2.45) is 0 Å². The highest BCUT2D eigenvalue weighted by molar-refractivity contribution is 6.29. The van der Waals surface area contributed by atoms with Crippen LogP contribution in [0.3, 0.4) is 0 Å². The molecule has 2 heterocycles. The van der Waals surface area contributed by atoms with Gasteiger partial charge < -0.3 is 0 Å². The van der Waals surface area contributed by atoms with Gasteiger partial charge in [-0.15, -0.1) is 10.2 Å². The van der Waals surface area contributed by atoms with Crippen LogP contribution in [0, 0.1) is 18.6 Å². The van der Waals surface area contributed by atoms with E-state index in [1.165, 1.54) is 10.6 Å². The maximum absolute atomic E-state index is 13.8. The lowest BCUT2D eigenvalue weighted by Gasteiger charge is -2.04. The number of aromatic nitrogens is 4. The van der Waals surface area contributed by atoms with Crippen molar-refractivity contribution in [2.75, 3.05) is 0 Å². The first-order chi connectivity index (χ1) is 9.06. The summed E-state index contributed by atoms with van der Waals surface area (Å²) in [6.45, 7) is 1.54. The Labute approximate surface area is 111 Å². The molecule has 2 aromatic heterocycles. The number of nitrogens with zero attached hydrogens (tertiary/aromatic N) is 4. The van der Waals surface area contributed by atoms with E-state index in [0.29, 0.717) is 11.2 Å². The van der Waals surface area contributed by atoms with Gasteiger partial charge in [-0.25, -0.2) is 8.78 Å². The fourth-order valence-electron chi connectivity index (χ4n) is 1.76. The molecule has 3 aromatic rings. The van der Waals surface area contributed by atoms with Gasteiger partial charge >= 0.3 is 0 Å². The largest absolute Gasteiger partial charge is 0.207 e. The van der Waals surface area contributed by atoms with Crippen LogP contribution in [0.15, 0.2) is 24.3 Å². The van der Waals surface area contributed by atoms with Gasteiger partial charge in [0, 0.05) is 6.07 Å². The summed E-state index contributed by atoms with van der Waals surface area (Å²) in [5, 5.41) is 12.0. The summed E-state index contributed by atoms with van der Waals surface area (Å²) in [7, 11) is 0. The second kappa shape index (κ2) is 4.24. The van der Waals surface area contributed by atoms with Crippen LogP contribution in [0.5, 0.6) is 0 Å². The zero-order valence-electron chi connectivity index (χ0n) is 9.73. The van der Waals surface area contributed by atoms with E-state index in [4.69, 9.17) is 11.6 Å². The SMILES string of the molecule is Cc1cc(-c2nnc3ccc(Cl)nn23)c(F)cc1F. The van der Waals surface area contributed by atoms with Gasteiger partial charge in [0.1, 0.15) is 16.8 Å². The molecule has 0 aliphatic carbocycles. The highest BCUT2D eigenvalue weighted by atomic mass is 35.5. The average Bonchev–Trinajstić information content (AvgIpc) is 2.76. The Hall–Kier alpha value is -2.08. The monoisotopic (exact) mass is 280 g/mol. The molecule has 3 rings (SSSR count). The van der Waals surface area contributed by atoms with Crippen LogP contribution in [0.25, 0.3) is 17.0 Å². The first-order valence-corrected chi connectivity index (χ1v) is 5.78. The number of fused-ring (bicyclic) bond motifs is 1. The summed E-state index contributed by atoms with van der Waals surface area (Å²) in [5.74, 6) is -1.15. The van der Waals surface area contributed by atoms with Crippen LogP contribution in [-0.4, -0.2) is 19.8 Å². The molecule has 0 unspecified atom stereocenters. The molecule has 0 aliphatic heterocycles. The van der Waals surface area contributed by atoms with E-state index in [1.54, 1.807) is 19.1 Å². The zero-order valence-corrected chi connectivity index (χ0v) is 10.5. The second-order valence-corrected chi connectivity index (χ2v) is 4.42. The standard InChI is InChI=1S/C12H7ClF2N4/c1-6-4-7(9(15)5-8(6)14)12-17-16-11-3-2-10(13)18-19(11)12/h2-5H,1H3. The first kappa shape index (κ1) is 12.0. The minimum atomic E-state index is -0.723. The maximum Gasteiger partial charge on any atom is 0.188 e. The first-order valence-electron chi connectivity index (χ1n) is 5.40. The number of halogens is 3. The van der Waals surface area contributed by atoms with Crippen molar-refractivity contribution in [1.82, 2.24) is 19.8 Å². The molecule has 19 heavy (non-hydrogen) atoms. The van der Waals surface area contributed by atoms with Crippen LogP contribution in [-0.2, 0) is 0 Å². The Morgan fingerprint density at radius 3 is 2.68 bits per heavy atom. The van der Waals surface area contributed by atoms with Crippen molar-refractivity contribution in [1.29, 1.82) is 0 Å². The van der Waals surface area contributed by atoms with E-state index in [2.05, 4.69) is 15.3 Å². The Morgan fingerprint density at radius 1 is 1.11 bits per heavy atom. The van der Waals surface area contributed by atoms with Gasteiger partial charge in [0.15, 0.2) is 11.5 Å². The predicted octanol–water partition coefficient (Wildman–Crippen LogP) is 3.03. The molecule has 0 atom stereocenters. The van der Waals surface area contributed by atoms with Gasteiger partial charge in [-0.3, -0.25) is 0 Å². The van der Waals surface area contributed by atoms with E-state index < -0.39 is 11.6 Å². The van der Waals surface area contributed by atoms with Crippen LogP contribution < -0.4 is 0 Å². The van der Waals surface area contributed by atoms with Crippen molar-refractivity contribution in [2.45, 2.75) is 6.92 Å². The summed E-state index contributed by atoms with van der Waals surface area (Å²) in [5.41, 5.74) is 0.872. The molecule has 0 N–H and O–H groups in total. The molecule has 96 valence electrons. The molecule has 0 saturated heterocycles. The number of benzene rings is 1. The zero-order chi connectivity index (χ0) is 13.6. The number of hydrogen-bond donors (Lipinski definition) is 0. The van der Waals surface area contributed by atoms with Gasteiger partial charge in [0.25, 0.3) is 0 Å². The topological polar surface area (TPSA) is 43.1 Å². The molecule has 0 bridgehead atoms. The second-order valence-electron chi connectivity index (χ2n) is 4.03. The Morgan fingerprint density at radius 2 is 1.89 bits per heavy atom. The van der Waals surface area contributed by atoms with E-state index in [1.807, 2.05) is 0 Å². The van der Waals surface area contributed by atoms with Crippen molar-refractivity contribution < 1.29 is 8.78 Å². The highest BCUT2D eigenvalue weighted by Gasteiger charge is 2.16. The third-order valence-electron chi connectivity index (χ3n) is 2.72. The van der Waals surface area contributed by atoms with Crippen molar-refractivity contribution >= 4 is 17.2 Å². The molecular weight excluding hydrogens is 274 g/mol. The van der Waals surface area contributed by atoms with Gasteiger partial charge in [-0.1, -0.05) is 11.6 Å². The van der Waals surface area contributed by atoms with Crippen molar-refractivity contribution in [3.8, 4) is 11.4 Å². The quantitative estimate of drug-likeness (QED) is 0.688. The van der Waals surface area contributed by atoms with Gasteiger partial charge in [-0.2, -0.15) is 9.61 Å². The minimum absolute atomic E-state index is 0.126. The summed E-state index contributed by atoms with van der Waals surface area (Å²) in [4.78, 5) is 0. The lowest BCUT2D eigenvalue weighted by molar-refractivity contribution is 0.578. The molecule has 0 amide bonds. The number of hydrogen-bond acceptors (Lipinski definition) is 3. The summed E-state index contributed by atoms with van der Waals surface area (Å²) >= 11 is 5.79. The molecule has 0 fully saturated rings. The van der Waals surface area contributed by atoms with Crippen LogP contribution >= 0.6 is 11.6 Å². The molecule has 0 aliphatic rings. The predicted molar refractivity (Wildman–Crippen MR) is 65.9 cm³/mol. The minimum Gasteiger partial charge on any atom is -0.207 e. The van der Waals surface area contributed by atoms with E-state index in [0.717, 1.165) is 6.07 Å². The third kappa shape index (κ3) is 1.94. The fraction of sp³-hybridized carbons (Fsp3) is 0.0833. The molecular formula is C12H7ClF2N4. The van der Waals surface area contributed by atoms with E-state index in [9.17, 15) is 8.78 Å². The maximum atomic E-state index is 13.8. The lowest BCUT2D eigenvalue weighted by Crippen LogP contribution is -1.98. The summed E-state index contributed by atoms with van der Waals surface area (Å²) in [6.07, 6.45) is 0. The van der Waals surface area contributed by atoms with Gasteiger partial charge in [-0.05, 0) is 30.7 Å². The molecule has 0 saturated carbocycles. The smallest absolute Gasteiger partial charge is 0.188 e.